The Morgan fingerprint density at radius 1 is 1.13 bits per heavy atom. The van der Waals surface area contributed by atoms with Gasteiger partial charge in [0.15, 0.2) is 0 Å². The van der Waals surface area contributed by atoms with Gasteiger partial charge in [-0.3, -0.25) is 0 Å². The molecule has 1 aliphatic heterocycles. The normalized spacial score (nSPS) is 16.6. The number of hydrogen-bond donors (Lipinski definition) is 1. The van der Waals surface area contributed by atoms with Crippen molar-refractivity contribution in [3.05, 3.63) is 47.8 Å². The molecule has 2 aromatic rings. The molecule has 0 aliphatic carbocycles. The van der Waals surface area contributed by atoms with Crippen molar-refractivity contribution in [1.29, 1.82) is 10.5 Å². The number of nitriles is 2. The lowest BCUT2D eigenvalue weighted by Crippen LogP contribution is -2.24. The SMILES string of the molecule is N#Cc1cccnc1NC[C@H]1CCN(c2ncccc2C#N)C1. The van der Waals surface area contributed by atoms with Gasteiger partial charge in [-0.15, -0.1) is 0 Å². The fourth-order valence-electron chi connectivity index (χ4n) is 2.81. The zero-order valence-corrected chi connectivity index (χ0v) is 12.6. The summed E-state index contributed by atoms with van der Waals surface area (Å²) in [6, 6.07) is 11.4. The second-order valence-electron chi connectivity index (χ2n) is 5.48. The number of nitrogens with one attached hydrogen (secondary N) is 1. The van der Waals surface area contributed by atoms with Crippen LogP contribution < -0.4 is 10.2 Å². The molecule has 0 amide bonds. The van der Waals surface area contributed by atoms with Gasteiger partial charge in [-0.2, -0.15) is 10.5 Å². The molecule has 6 nitrogen and oxygen atoms in total. The number of nitrogens with zero attached hydrogens (tertiary/aromatic N) is 5. The Morgan fingerprint density at radius 2 is 1.87 bits per heavy atom. The summed E-state index contributed by atoms with van der Waals surface area (Å²) >= 11 is 0. The van der Waals surface area contributed by atoms with Gasteiger partial charge in [0, 0.05) is 32.0 Å². The van der Waals surface area contributed by atoms with Gasteiger partial charge in [0.25, 0.3) is 0 Å². The first-order valence-electron chi connectivity index (χ1n) is 7.51. The summed E-state index contributed by atoms with van der Waals surface area (Å²) in [7, 11) is 0. The second kappa shape index (κ2) is 6.76. The molecule has 0 spiro atoms. The molecule has 0 unspecified atom stereocenters. The Morgan fingerprint density at radius 3 is 2.65 bits per heavy atom. The number of anilines is 2. The van der Waals surface area contributed by atoms with Crippen LogP contribution in [0.4, 0.5) is 11.6 Å². The average Bonchev–Trinajstić information content (AvgIpc) is 3.09. The van der Waals surface area contributed by atoms with E-state index < -0.39 is 0 Å². The van der Waals surface area contributed by atoms with Crippen molar-refractivity contribution in [2.45, 2.75) is 6.42 Å². The van der Waals surface area contributed by atoms with E-state index >= 15 is 0 Å². The van der Waals surface area contributed by atoms with Crippen LogP contribution in [0.1, 0.15) is 17.5 Å². The van der Waals surface area contributed by atoms with Gasteiger partial charge in [0.05, 0.1) is 11.1 Å². The first-order chi connectivity index (χ1) is 11.3. The zero-order valence-electron chi connectivity index (χ0n) is 12.6. The van der Waals surface area contributed by atoms with E-state index in [2.05, 4.69) is 32.3 Å². The van der Waals surface area contributed by atoms with Crippen molar-refractivity contribution in [2.24, 2.45) is 5.92 Å². The van der Waals surface area contributed by atoms with E-state index in [-0.39, 0.29) is 0 Å². The molecule has 3 heterocycles. The van der Waals surface area contributed by atoms with Gasteiger partial charge in [-0.1, -0.05) is 0 Å². The summed E-state index contributed by atoms with van der Waals surface area (Å²) in [5, 5.41) is 21.5. The summed E-state index contributed by atoms with van der Waals surface area (Å²) < 4.78 is 0. The van der Waals surface area contributed by atoms with E-state index in [1.54, 1.807) is 36.7 Å². The molecule has 0 aromatic carbocycles. The minimum Gasteiger partial charge on any atom is -0.369 e. The molecule has 0 radical (unpaired) electrons. The molecular weight excluding hydrogens is 288 g/mol. The maximum Gasteiger partial charge on any atom is 0.146 e. The van der Waals surface area contributed by atoms with Crippen LogP contribution in [0.3, 0.4) is 0 Å². The lowest BCUT2D eigenvalue weighted by atomic mass is 10.1. The van der Waals surface area contributed by atoms with Crippen molar-refractivity contribution in [2.75, 3.05) is 29.9 Å². The van der Waals surface area contributed by atoms with Crippen LogP contribution >= 0.6 is 0 Å². The maximum absolute atomic E-state index is 9.19. The van der Waals surface area contributed by atoms with Gasteiger partial charge >= 0.3 is 0 Å². The van der Waals surface area contributed by atoms with E-state index in [1.165, 1.54) is 0 Å². The first-order valence-corrected chi connectivity index (χ1v) is 7.51. The van der Waals surface area contributed by atoms with Crippen molar-refractivity contribution in [3.63, 3.8) is 0 Å². The maximum atomic E-state index is 9.19. The predicted molar refractivity (Wildman–Crippen MR) is 86.7 cm³/mol. The number of rotatable bonds is 4. The average molecular weight is 304 g/mol. The molecule has 6 heteroatoms. The Balaban J connectivity index is 1.63. The second-order valence-corrected chi connectivity index (χ2v) is 5.48. The molecule has 23 heavy (non-hydrogen) atoms. The van der Waals surface area contributed by atoms with E-state index in [0.717, 1.165) is 31.9 Å². The van der Waals surface area contributed by atoms with Crippen LogP contribution in [-0.2, 0) is 0 Å². The van der Waals surface area contributed by atoms with E-state index in [1.807, 2.05) is 0 Å². The van der Waals surface area contributed by atoms with Crippen LogP contribution in [0.2, 0.25) is 0 Å². The smallest absolute Gasteiger partial charge is 0.146 e. The Bertz CT molecular complexity index is 773. The van der Waals surface area contributed by atoms with E-state index in [0.29, 0.717) is 22.9 Å². The van der Waals surface area contributed by atoms with Crippen LogP contribution in [0, 0.1) is 28.6 Å². The van der Waals surface area contributed by atoms with Crippen LogP contribution in [-0.4, -0.2) is 29.6 Å². The lowest BCUT2D eigenvalue weighted by Gasteiger charge is -2.18. The van der Waals surface area contributed by atoms with Crippen LogP contribution in [0.5, 0.6) is 0 Å². The fourth-order valence-corrected chi connectivity index (χ4v) is 2.81. The third kappa shape index (κ3) is 3.22. The fraction of sp³-hybridized carbons (Fsp3) is 0.294. The highest BCUT2D eigenvalue weighted by atomic mass is 15.2. The molecule has 1 fully saturated rings. The number of aromatic nitrogens is 2. The van der Waals surface area contributed by atoms with Gasteiger partial charge in [-0.25, -0.2) is 9.97 Å². The zero-order chi connectivity index (χ0) is 16.1. The largest absolute Gasteiger partial charge is 0.369 e. The van der Waals surface area contributed by atoms with Gasteiger partial charge < -0.3 is 10.2 Å². The summed E-state index contributed by atoms with van der Waals surface area (Å²) in [6.07, 6.45) is 4.41. The van der Waals surface area contributed by atoms with Crippen molar-refractivity contribution >= 4 is 11.6 Å². The van der Waals surface area contributed by atoms with Gasteiger partial charge in [-0.05, 0) is 36.6 Å². The molecule has 0 bridgehead atoms. The summed E-state index contributed by atoms with van der Waals surface area (Å²) in [5.41, 5.74) is 1.16. The van der Waals surface area contributed by atoms with Crippen molar-refractivity contribution in [1.82, 2.24) is 9.97 Å². The first kappa shape index (κ1) is 14.8. The number of hydrogen-bond acceptors (Lipinski definition) is 6. The summed E-state index contributed by atoms with van der Waals surface area (Å²) in [5.74, 6) is 1.81. The van der Waals surface area contributed by atoms with Crippen molar-refractivity contribution < 1.29 is 0 Å². The molecule has 2 aromatic heterocycles. The Hall–Kier alpha value is -3.12. The van der Waals surface area contributed by atoms with Gasteiger partial charge in [0.1, 0.15) is 23.8 Å². The molecular formula is C17H16N6. The van der Waals surface area contributed by atoms with Crippen LogP contribution in [0.25, 0.3) is 0 Å². The van der Waals surface area contributed by atoms with Crippen LogP contribution in [0.15, 0.2) is 36.7 Å². The summed E-state index contributed by atoms with van der Waals surface area (Å²) in [6.45, 7) is 2.47. The minimum atomic E-state index is 0.428. The molecule has 3 rings (SSSR count). The number of pyridine rings is 2. The standard InChI is InChI=1S/C17H16N6/c18-9-14-3-1-6-20-16(14)22-11-13-5-8-23(12-13)17-15(10-19)4-2-7-21-17/h1-4,6-7,13H,5,8,11-12H2,(H,20,22)/t13-/m1/s1. The highest BCUT2D eigenvalue weighted by Crippen LogP contribution is 2.25. The quantitative estimate of drug-likeness (QED) is 0.931. The summed E-state index contributed by atoms with van der Waals surface area (Å²) in [4.78, 5) is 10.7. The molecule has 114 valence electrons. The highest BCUT2D eigenvalue weighted by Gasteiger charge is 2.25. The molecule has 0 saturated carbocycles. The van der Waals surface area contributed by atoms with Crippen molar-refractivity contribution in [3.8, 4) is 12.1 Å². The third-order valence-electron chi connectivity index (χ3n) is 3.98. The molecule has 1 atom stereocenters. The molecule has 1 N–H and O–H groups in total. The minimum absolute atomic E-state index is 0.428. The Labute approximate surface area is 135 Å². The van der Waals surface area contributed by atoms with E-state index in [9.17, 15) is 5.26 Å². The lowest BCUT2D eigenvalue weighted by molar-refractivity contribution is 0.620. The molecule has 1 aliphatic rings. The topological polar surface area (TPSA) is 88.6 Å². The molecule has 1 saturated heterocycles. The Kier molecular flexibility index (Phi) is 4.35. The third-order valence-corrected chi connectivity index (χ3v) is 3.98. The highest BCUT2D eigenvalue weighted by molar-refractivity contribution is 5.54. The predicted octanol–water partition coefficient (Wildman–Crippen LogP) is 2.16. The van der Waals surface area contributed by atoms with Gasteiger partial charge in [0.2, 0.25) is 0 Å². The monoisotopic (exact) mass is 304 g/mol. The van der Waals surface area contributed by atoms with E-state index in [4.69, 9.17) is 5.26 Å².